The van der Waals surface area contributed by atoms with Crippen LogP contribution in [0.3, 0.4) is 0 Å². The van der Waals surface area contributed by atoms with Crippen LogP contribution < -0.4 is 0 Å². The lowest BCUT2D eigenvalue weighted by Crippen LogP contribution is -2.09. The first-order chi connectivity index (χ1) is 8.19. The van der Waals surface area contributed by atoms with E-state index in [-0.39, 0.29) is 23.1 Å². The molecule has 0 radical (unpaired) electrons. The first-order valence-corrected chi connectivity index (χ1v) is 7.57. The maximum Gasteiger partial charge on any atom is 0.231 e. The zero-order valence-corrected chi connectivity index (χ0v) is 11.5. The highest BCUT2D eigenvalue weighted by atomic mass is 32.2. The third kappa shape index (κ3) is 1.90. The lowest BCUT2D eigenvalue weighted by molar-refractivity contribution is 0.362. The third-order valence-electron chi connectivity index (χ3n) is 3.70. The summed E-state index contributed by atoms with van der Waals surface area (Å²) in [5.74, 6) is 0.263. The molecular weight excluding hydrogens is 254 g/mol. The lowest BCUT2D eigenvalue weighted by atomic mass is 10.1. The SMILES string of the molecule is CC(c1noc(C2C(C#N)C2(C)C)n1)S(C)(=O)=O. The van der Waals surface area contributed by atoms with Gasteiger partial charge in [0.05, 0.1) is 17.9 Å². The largest absolute Gasteiger partial charge is 0.339 e. The van der Waals surface area contributed by atoms with Crippen molar-refractivity contribution in [3.63, 3.8) is 0 Å². The molecule has 1 fully saturated rings. The molecule has 3 unspecified atom stereocenters. The Morgan fingerprint density at radius 3 is 2.56 bits per heavy atom. The van der Waals surface area contributed by atoms with Gasteiger partial charge in [-0.05, 0) is 12.3 Å². The molecule has 0 saturated heterocycles. The molecule has 0 N–H and O–H groups in total. The standard InChI is InChI=1S/C11H15N3O3S/c1-6(18(4,15)16)9-13-10(17-14-9)8-7(5-12)11(8,2)3/h6-8H,1-4H3. The summed E-state index contributed by atoms with van der Waals surface area (Å²) in [5, 5.41) is 11.9. The summed E-state index contributed by atoms with van der Waals surface area (Å²) in [5.41, 5.74) is -0.188. The van der Waals surface area contributed by atoms with Crippen molar-refractivity contribution in [1.82, 2.24) is 10.1 Å². The molecule has 1 aliphatic carbocycles. The molecule has 3 atom stereocenters. The molecule has 0 aromatic carbocycles. The Labute approximate surface area is 106 Å². The number of aromatic nitrogens is 2. The number of rotatable bonds is 3. The maximum absolute atomic E-state index is 11.4. The molecule has 0 bridgehead atoms. The van der Waals surface area contributed by atoms with E-state index in [1.54, 1.807) is 0 Å². The quantitative estimate of drug-likeness (QED) is 0.823. The van der Waals surface area contributed by atoms with E-state index in [2.05, 4.69) is 16.2 Å². The summed E-state index contributed by atoms with van der Waals surface area (Å²) in [6.07, 6.45) is 1.13. The minimum Gasteiger partial charge on any atom is -0.339 e. The number of hydrogen-bond donors (Lipinski definition) is 0. The second kappa shape index (κ2) is 3.79. The average Bonchev–Trinajstić information content (AvgIpc) is 2.63. The van der Waals surface area contributed by atoms with Gasteiger partial charge in [0.2, 0.25) is 5.89 Å². The number of nitrogens with zero attached hydrogens (tertiary/aromatic N) is 3. The van der Waals surface area contributed by atoms with Crippen molar-refractivity contribution in [2.75, 3.05) is 6.26 Å². The van der Waals surface area contributed by atoms with Gasteiger partial charge in [0.25, 0.3) is 0 Å². The van der Waals surface area contributed by atoms with Crippen LogP contribution in [0.2, 0.25) is 0 Å². The van der Waals surface area contributed by atoms with E-state index < -0.39 is 15.1 Å². The molecule has 1 aromatic rings. The highest BCUT2D eigenvalue weighted by Gasteiger charge is 2.62. The van der Waals surface area contributed by atoms with Crippen molar-refractivity contribution in [1.29, 1.82) is 5.26 Å². The van der Waals surface area contributed by atoms with Gasteiger partial charge >= 0.3 is 0 Å². The van der Waals surface area contributed by atoms with Gasteiger partial charge in [-0.3, -0.25) is 0 Å². The zero-order chi connectivity index (χ0) is 13.7. The summed E-state index contributed by atoms with van der Waals surface area (Å²) >= 11 is 0. The molecule has 1 saturated carbocycles. The van der Waals surface area contributed by atoms with E-state index in [1.165, 1.54) is 6.92 Å². The minimum atomic E-state index is -3.25. The van der Waals surface area contributed by atoms with Crippen LogP contribution in [-0.2, 0) is 9.84 Å². The Morgan fingerprint density at radius 1 is 1.50 bits per heavy atom. The van der Waals surface area contributed by atoms with E-state index >= 15 is 0 Å². The molecule has 2 rings (SSSR count). The van der Waals surface area contributed by atoms with Crippen LogP contribution in [0, 0.1) is 22.7 Å². The predicted octanol–water partition coefficient (Wildman–Crippen LogP) is 1.44. The van der Waals surface area contributed by atoms with Crippen LogP contribution in [0.4, 0.5) is 0 Å². The molecule has 7 heteroatoms. The second-order valence-corrected chi connectivity index (χ2v) is 7.73. The van der Waals surface area contributed by atoms with Crippen LogP contribution in [0.5, 0.6) is 0 Å². The smallest absolute Gasteiger partial charge is 0.231 e. The van der Waals surface area contributed by atoms with Gasteiger partial charge in [0, 0.05) is 6.26 Å². The maximum atomic E-state index is 11.4. The molecule has 1 aromatic heterocycles. The fourth-order valence-electron chi connectivity index (χ4n) is 2.07. The van der Waals surface area contributed by atoms with E-state index in [9.17, 15) is 8.42 Å². The lowest BCUT2D eigenvalue weighted by Gasteiger charge is -2.01. The molecule has 0 aliphatic heterocycles. The molecule has 1 heterocycles. The summed E-state index contributed by atoms with van der Waals surface area (Å²) < 4.78 is 27.9. The molecule has 18 heavy (non-hydrogen) atoms. The van der Waals surface area contributed by atoms with Crippen molar-refractivity contribution < 1.29 is 12.9 Å². The fraction of sp³-hybridized carbons (Fsp3) is 0.727. The van der Waals surface area contributed by atoms with Crippen LogP contribution in [-0.4, -0.2) is 24.8 Å². The summed E-state index contributed by atoms with van der Waals surface area (Å²) in [6, 6.07) is 2.20. The summed E-state index contributed by atoms with van der Waals surface area (Å²) in [7, 11) is -3.25. The van der Waals surface area contributed by atoms with Crippen molar-refractivity contribution in [2.24, 2.45) is 11.3 Å². The van der Waals surface area contributed by atoms with Crippen molar-refractivity contribution in [3.8, 4) is 6.07 Å². The molecule has 1 aliphatic rings. The van der Waals surface area contributed by atoms with Gasteiger partial charge in [0.15, 0.2) is 15.7 Å². The van der Waals surface area contributed by atoms with Crippen molar-refractivity contribution >= 4 is 9.84 Å². The number of sulfone groups is 1. The Hall–Kier alpha value is -1.42. The van der Waals surface area contributed by atoms with Crippen LogP contribution in [0.1, 0.15) is 43.7 Å². The normalized spacial score (nSPS) is 27.5. The zero-order valence-electron chi connectivity index (χ0n) is 10.7. The average molecular weight is 269 g/mol. The van der Waals surface area contributed by atoms with E-state index in [1.807, 2.05) is 13.8 Å². The molecular formula is C11H15N3O3S. The Kier molecular flexibility index (Phi) is 2.74. The Bertz CT molecular complexity index is 612. The molecule has 0 amide bonds. The van der Waals surface area contributed by atoms with Gasteiger partial charge in [-0.1, -0.05) is 19.0 Å². The van der Waals surface area contributed by atoms with E-state index in [4.69, 9.17) is 9.78 Å². The van der Waals surface area contributed by atoms with Gasteiger partial charge in [-0.15, -0.1) is 0 Å². The molecule has 0 spiro atoms. The van der Waals surface area contributed by atoms with Gasteiger partial charge in [-0.2, -0.15) is 10.2 Å². The minimum absolute atomic E-state index is 0.101. The second-order valence-electron chi connectivity index (χ2n) is 5.37. The first kappa shape index (κ1) is 13.0. The summed E-state index contributed by atoms with van der Waals surface area (Å²) in [6.45, 7) is 5.43. The van der Waals surface area contributed by atoms with E-state index in [0.29, 0.717) is 5.89 Å². The molecule has 6 nitrogen and oxygen atoms in total. The van der Waals surface area contributed by atoms with Crippen LogP contribution in [0.15, 0.2) is 4.52 Å². The predicted molar refractivity (Wildman–Crippen MR) is 63.2 cm³/mol. The van der Waals surface area contributed by atoms with Crippen LogP contribution in [0.25, 0.3) is 0 Å². The number of nitriles is 1. The van der Waals surface area contributed by atoms with Gasteiger partial charge < -0.3 is 4.52 Å². The first-order valence-electron chi connectivity index (χ1n) is 5.61. The Balaban J connectivity index is 2.27. The van der Waals surface area contributed by atoms with E-state index in [0.717, 1.165) is 6.26 Å². The summed E-state index contributed by atoms with van der Waals surface area (Å²) in [4.78, 5) is 4.12. The highest BCUT2D eigenvalue weighted by molar-refractivity contribution is 7.90. The van der Waals surface area contributed by atoms with Gasteiger partial charge in [0.1, 0.15) is 5.25 Å². The fourth-order valence-corrected chi connectivity index (χ4v) is 2.55. The molecule has 98 valence electrons. The van der Waals surface area contributed by atoms with Crippen LogP contribution >= 0.6 is 0 Å². The van der Waals surface area contributed by atoms with Gasteiger partial charge in [-0.25, -0.2) is 8.42 Å². The topological polar surface area (TPSA) is 96.8 Å². The monoisotopic (exact) mass is 269 g/mol. The van der Waals surface area contributed by atoms with Crippen molar-refractivity contribution in [3.05, 3.63) is 11.7 Å². The highest BCUT2D eigenvalue weighted by Crippen LogP contribution is 2.63. The Morgan fingerprint density at radius 2 is 2.11 bits per heavy atom. The third-order valence-corrected chi connectivity index (χ3v) is 5.19. The van der Waals surface area contributed by atoms with Crippen molar-refractivity contribution in [2.45, 2.75) is 31.9 Å². The number of hydrogen-bond acceptors (Lipinski definition) is 6.